The van der Waals surface area contributed by atoms with Crippen LogP contribution in [0, 0.1) is 5.92 Å². The minimum atomic E-state index is 0.199. The van der Waals surface area contributed by atoms with Crippen LogP contribution in [0.15, 0.2) is 0 Å². The molecule has 0 spiro atoms. The van der Waals surface area contributed by atoms with Crippen molar-refractivity contribution < 1.29 is 9.53 Å². The number of aldehydes is 1. The maximum absolute atomic E-state index is 10.2. The molecule has 0 aromatic rings. The van der Waals surface area contributed by atoms with Crippen LogP contribution in [0.3, 0.4) is 0 Å². The van der Waals surface area contributed by atoms with E-state index in [0.29, 0.717) is 6.61 Å². The van der Waals surface area contributed by atoms with Gasteiger partial charge < -0.3 is 9.53 Å². The quantitative estimate of drug-likeness (QED) is 0.523. The number of hydrogen-bond acceptors (Lipinski definition) is 2. The summed E-state index contributed by atoms with van der Waals surface area (Å²) in [4.78, 5) is 10.2. The minimum Gasteiger partial charge on any atom is -0.385 e. The molecule has 0 aromatic heterocycles. The van der Waals surface area contributed by atoms with Crippen LogP contribution in [0.2, 0.25) is 0 Å². The van der Waals surface area contributed by atoms with Gasteiger partial charge in [-0.2, -0.15) is 0 Å². The molecule has 0 N–H and O–H groups in total. The molecule has 54 valence electrons. The van der Waals surface area contributed by atoms with Crippen LogP contribution in [0.25, 0.3) is 0 Å². The molecule has 0 aliphatic carbocycles. The zero-order chi connectivity index (χ0) is 7.11. The fourth-order valence-corrected chi connectivity index (χ4v) is 0.638. The summed E-state index contributed by atoms with van der Waals surface area (Å²) in [5.74, 6) is 0.199. The molecule has 9 heavy (non-hydrogen) atoms. The molecule has 0 aromatic carbocycles. The summed E-state index contributed by atoms with van der Waals surface area (Å²) in [6.07, 6.45) is 2.78. The van der Waals surface area contributed by atoms with Crippen molar-refractivity contribution in [1.29, 1.82) is 0 Å². The van der Waals surface area contributed by atoms with Gasteiger partial charge in [-0.15, -0.1) is 0 Å². The molecular formula is C7H14O2. The molecule has 0 amide bonds. The molecule has 2 nitrogen and oxygen atoms in total. The molecule has 0 aliphatic heterocycles. The Hall–Kier alpha value is -0.370. The molecule has 0 radical (unpaired) electrons. The minimum absolute atomic E-state index is 0.199. The summed E-state index contributed by atoms with van der Waals surface area (Å²) in [5.41, 5.74) is 0. The zero-order valence-electron chi connectivity index (χ0n) is 6.09. The predicted octanol–water partition coefficient (Wildman–Crippen LogP) is 1.25. The molecule has 0 rings (SSSR count). The molecule has 0 saturated carbocycles. The Morgan fingerprint density at radius 3 is 2.67 bits per heavy atom. The van der Waals surface area contributed by atoms with Crippen LogP contribution in [-0.2, 0) is 9.53 Å². The van der Waals surface area contributed by atoms with E-state index in [2.05, 4.69) is 0 Å². The van der Waals surface area contributed by atoms with Gasteiger partial charge in [-0.25, -0.2) is 0 Å². The Bertz CT molecular complexity index is 71.3. The van der Waals surface area contributed by atoms with Gasteiger partial charge >= 0.3 is 0 Å². The van der Waals surface area contributed by atoms with Crippen molar-refractivity contribution in [3.63, 3.8) is 0 Å². The second-order valence-electron chi connectivity index (χ2n) is 2.09. The second kappa shape index (κ2) is 5.76. The van der Waals surface area contributed by atoms with E-state index in [9.17, 15) is 4.79 Å². The molecule has 2 heteroatoms. The van der Waals surface area contributed by atoms with E-state index in [0.717, 1.165) is 19.1 Å². The van der Waals surface area contributed by atoms with E-state index in [1.165, 1.54) is 0 Å². The van der Waals surface area contributed by atoms with Gasteiger partial charge in [0.15, 0.2) is 0 Å². The van der Waals surface area contributed by atoms with Gasteiger partial charge in [-0.3, -0.25) is 0 Å². The molecule has 1 atom stereocenters. The number of methoxy groups -OCH3 is 1. The summed E-state index contributed by atoms with van der Waals surface area (Å²) >= 11 is 0. The first-order valence-electron chi connectivity index (χ1n) is 3.29. The predicted molar refractivity (Wildman–Crippen MR) is 36.3 cm³/mol. The Labute approximate surface area is 56.2 Å². The van der Waals surface area contributed by atoms with Gasteiger partial charge in [0.1, 0.15) is 6.29 Å². The van der Waals surface area contributed by atoms with Gasteiger partial charge in [0.2, 0.25) is 0 Å². The molecule has 0 saturated heterocycles. The molecule has 0 heterocycles. The lowest BCUT2D eigenvalue weighted by Gasteiger charge is -2.03. The molecule has 0 unspecified atom stereocenters. The van der Waals surface area contributed by atoms with Gasteiger partial charge in [-0.1, -0.05) is 6.92 Å². The summed E-state index contributed by atoms with van der Waals surface area (Å²) in [7, 11) is 1.65. The van der Waals surface area contributed by atoms with E-state index < -0.39 is 0 Å². The van der Waals surface area contributed by atoms with Crippen LogP contribution in [0.1, 0.15) is 19.8 Å². The van der Waals surface area contributed by atoms with E-state index in [1.54, 1.807) is 7.11 Å². The van der Waals surface area contributed by atoms with Crippen molar-refractivity contribution in [2.75, 3.05) is 13.7 Å². The second-order valence-corrected chi connectivity index (χ2v) is 2.09. The lowest BCUT2D eigenvalue weighted by atomic mass is 10.1. The summed E-state index contributed by atoms with van der Waals surface area (Å²) in [5, 5.41) is 0. The largest absolute Gasteiger partial charge is 0.385 e. The van der Waals surface area contributed by atoms with Crippen LogP contribution in [-0.4, -0.2) is 20.0 Å². The first-order valence-corrected chi connectivity index (χ1v) is 3.29. The van der Waals surface area contributed by atoms with Gasteiger partial charge in [-0.05, 0) is 12.8 Å². The van der Waals surface area contributed by atoms with E-state index in [4.69, 9.17) is 4.74 Å². The lowest BCUT2D eigenvalue weighted by molar-refractivity contribution is -0.111. The maximum Gasteiger partial charge on any atom is 0.123 e. The normalized spacial score (nSPS) is 13.1. The van der Waals surface area contributed by atoms with Crippen molar-refractivity contribution in [3.05, 3.63) is 0 Å². The summed E-state index contributed by atoms with van der Waals surface area (Å²) < 4.78 is 4.82. The number of ether oxygens (including phenoxy) is 1. The van der Waals surface area contributed by atoms with Gasteiger partial charge in [0.25, 0.3) is 0 Å². The van der Waals surface area contributed by atoms with Crippen molar-refractivity contribution in [2.24, 2.45) is 5.92 Å². The summed E-state index contributed by atoms with van der Waals surface area (Å²) in [6, 6.07) is 0. The average Bonchev–Trinajstić information content (AvgIpc) is 1.91. The first kappa shape index (κ1) is 8.63. The third kappa shape index (κ3) is 4.15. The average molecular weight is 130 g/mol. The number of hydrogen-bond donors (Lipinski definition) is 0. The maximum atomic E-state index is 10.2. The number of carbonyl (C=O) groups is 1. The van der Waals surface area contributed by atoms with Gasteiger partial charge in [0, 0.05) is 19.6 Å². The van der Waals surface area contributed by atoms with E-state index in [1.807, 2.05) is 6.92 Å². The van der Waals surface area contributed by atoms with Crippen LogP contribution >= 0.6 is 0 Å². The standard InChI is InChI=1S/C7H14O2/c1-3-7(6-8)4-5-9-2/h6-7H,3-5H2,1-2H3/t7-/m1/s1. The third-order valence-electron chi connectivity index (χ3n) is 1.41. The fraction of sp³-hybridized carbons (Fsp3) is 0.857. The first-order chi connectivity index (χ1) is 4.35. The Kier molecular flexibility index (Phi) is 5.52. The number of rotatable bonds is 5. The van der Waals surface area contributed by atoms with Crippen molar-refractivity contribution >= 4 is 6.29 Å². The topological polar surface area (TPSA) is 26.3 Å². The SMILES string of the molecule is CC[C@@H](C=O)CCOC. The van der Waals surface area contributed by atoms with Gasteiger partial charge in [0.05, 0.1) is 0 Å². The van der Waals surface area contributed by atoms with Crippen molar-refractivity contribution in [2.45, 2.75) is 19.8 Å². The van der Waals surface area contributed by atoms with E-state index in [-0.39, 0.29) is 5.92 Å². The lowest BCUT2D eigenvalue weighted by Crippen LogP contribution is -2.03. The highest BCUT2D eigenvalue weighted by Crippen LogP contribution is 2.03. The Balaban J connectivity index is 3.20. The van der Waals surface area contributed by atoms with Crippen molar-refractivity contribution in [3.8, 4) is 0 Å². The van der Waals surface area contributed by atoms with Crippen LogP contribution in [0.4, 0.5) is 0 Å². The molecular weight excluding hydrogens is 116 g/mol. The Morgan fingerprint density at radius 1 is 1.67 bits per heavy atom. The molecule has 0 aliphatic rings. The fourth-order valence-electron chi connectivity index (χ4n) is 0.638. The smallest absolute Gasteiger partial charge is 0.123 e. The van der Waals surface area contributed by atoms with Crippen molar-refractivity contribution in [1.82, 2.24) is 0 Å². The molecule has 0 bridgehead atoms. The van der Waals surface area contributed by atoms with Crippen LogP contribution < -0.4 is 0 Å². The summed E-state index contributed by atoms with van der Waals surface area (Å²) in [6.45, 7) is 2.70. The third-order valence-corrected chi connectivity index (χ3v) is 1.41. The monoisotopic (exact) mass is 130 g/mol. The highest BCUT2D eigenvalue weighted by Gasteiger charge is 2.01. The molecule has 0 fully saturated rings. The highest BCUT2D eigenvalue weighted by molar-refractivity contribution is 5.53. The van der Waals surface area contributed by atoms with Crippen LogP contribution in [0.5, 0.6) is 0 Å². The highest BCUT2D eigenvalue weighted by atomic mass is 16.5. The number of carbonyl (C=O) groups excluding carboxylic acids is 1. The van der Waals surface area contributed by atoms with E-state index >= 15 is 0 Å². The Morgan fingerprint density at radius 2 is 2.33 bits per heavy atom. The zero-order valence-corrected chi connectivity index (χ0v) is 6.09.